The molecule has 0 aliphatic heterocycles. The van der Waals surface area contributed by atoms with Crippen molar-refractivity contribution in [2.75, 3.05) is 26.3 Å². The number of hydrogen-bond acceptors (Lipinski definition) is 2. The molecule has 0 amide bonds. The van der Waals surface area contributed by atoms with E-state index in [1.54, 1.807) is 0 Å². The summed E-state index contributed by atoms with van der Waals surface area (Å²) in [6.07, 6.45) is 6.72. The van der Waals surface area contributed by atoms with Gasteiger partial charge in [-0.05, 0) is 13.0 Å². The second-order valence-electron chi connectivity index (χ2n) is 4.34. The number of rotatable bonds is 13. The Balaban J connectivity index is 2.89. The molecule has 0 radical (unpaired) electrons. The van der Waals surface area contributed by atoms with Gasteiger partial charge in [-0.3, -0.25) is 0 Å². The molecule has 0 saturated heterocycles. The minimum atomic E-state index is -2.35. The lowest BCUT2D eigenvalue weighted by Gasteiger charge is -2.05. The van der Waals surface area contributed by atoms with E-state index in [0.29, 0.717) is 13.2 Å². The highest BCUT2D eigenvalue weighted by molar-refractivity contribution is 4.49. The Bertz CT molecular complexity index is 145. The highest BCUT2D eigenvalue weighted by atomic mass is 19.3. The normalized spacial score (nSPS) is 11.3. The number of nitrogens with one attached hydrogen (secondary N) is 1. The third-order valence-electron chi connectivity index (χ3n) is 2.62. The van der Waals surface area contributed by atoms with Crippen LogP contribution in [0.4, 0.5) is 8.78 Å². The molecule has 0 spiro atoms. The van der Waals surface area contributed by atoms with Gasteiger partial charge in [-0.15, -0.1) is 0 Å². The first-order valence-electron chi connectivity index (χ1n) is 6.84. The lowest BCUT2D eigenvalue weighted by molar-refractivity contribution is 0.0188. The van der Waals surface area contributed by atoms with Crippen LogP contribution in [0.15, 0.2) is 0 Å². The molecule has 0 aromatic rings. The van der Waals surface area contributed by atoms with Gasteiger partial charge in [0, 0.05) is 6.54 Å². The summed E-state index contributed by atoms with van der Waals surface area (Å²) in [5.74, 6) is 0. The van der Waals surface area contributed by atoms with Gasteiger partial charge in [-0.1, -0.05) is 45.4 Å². The van der Waals surface area contributed by atoms with E-state index in [-0.39, 0.29) is 0 Å². The average Bonchev–Trinajstić information content (AvgIpc) is 2.30. The first-order valence-corrected chi connectivity index (χ1v) is 6.84. The molecule has 104 valence electrons. The molecule has 17 heavy (non-hydrogen) atoms. The van der Waals surface area contributed by atoms with Gasteiger partial charge in [0.15, 0.2) is 0 Å². The van der Waals surface area contributed by atoms with Crippen LogP contribution in [0.25, 0.3) is 0 Å². The smallest absolute Gasteiger partial charge is 0.261 e. The summed E-state index contributed by atoms with van der Waals surface area (Å²) < 4.78 is 28.1. The van der Waals surface area contributed by atoms with E-state index in [1.807, 2.05) is 0 Å². The van der Waals surface area contributed by atoms with E-state index in [1.165, 1.54) is 44.9 Å². The molecular weight excluding hydrogens is 224 g/mol. The monoisotopic (exact) mass is 251 g/mol. The van der Waals surface area contributed by atoms with Gasteiger partial charge in [-0.25, -0.2) is 8.78 Å². The maximum Gasteiger partial charge on any atom is 0.261 e. The second kappa shape index (κ2) is 13.8. The average molecular weight is 251 g/mol. The summed E-state index contributed by atoms with van der Waals surface area (Å²) in [6.45, 7) is 3.79. The van der Waals surface area contributed by atoms with Crippen LogP contribution in [0.5, 0.6) is 0 Å². The van der Waals surface area contributed by atoms with E-state index in [9.17, 15) is 8.78 Å². The van der Waals surface area contributed by atoms with Gasteiger partial charge in [-0.2, -0.15) is 0 Å². The van der Waals surface area contributed by atoms with Crippen LogP contribution in [-0.4, -0.2) is 32.7 Å². The Morgan fingerprint density at radius 1 is 0.941 bits per heavy atom. The Morgan fingerprint density at radius 2 is 1.59 bits per heavy atom. The highest BCUT2D eigenvalue weighted by Crippen LogP contribution is 2.06. The number of alkyl halides is 2. The lowest BCUT2D eigenvalue weighted by atomic mass is 10.1. The number of ether oxygens (including phenoxy) is 1. The molecule has 0 rings (SSSR count). The van der Waals surface area contributed by atoms with Crippen molar-refractivity contribution < 1.29 is 13.5 Å². The minimum Gasteiger partial charge on any atom is -0.374 e. The van der Waals surface area contributed by atoms with Gasteiger partial charge < -0.3 is 10.1 Å². The fraction of sp³-hybridized carbons (Fsp3) is 1.00. The van der Waals surface area contributed by atoms with Crippen LogP contribution >= 0.6 is 0 Å². The summed E-state index contributed by atoms with van der Waals surface area (Å²) in [6, 6.07) is 0. The molecule has 0 fully saturated rings. The van der Waals surface area contributed by atoms with Crippen molar-refractivity contribution in [3.8, 4) is 0 Å². The molecule has 4 heteroatoms. The van der Waals surface area contributed by atoms with Crippen molar-refractivity contribution in [3.05, 3.63) is 0 Å². The Kier molecular flexibility index (Phi) is 13.7. The topological polar surface area (TPSA) is 21.3 Å². The largest absolute Gasteiger partial charge is 0.374 e. The van der Waals surface area contributed by atoms with Crippen molar-refractivity contribution in [1.29, 1.82) is 0 Å². The van der Waals surface area contributed by atoms with Crippen LogP contribution < -0.4 is 5.32 Å². The Hall–Kier alpha value is -0.220. The maximum absolute atomic E-state index is 11.7. The predicted octanol–water partition coefficient (Wildman–Crippen LogP) is 3.61. The van der Waals surface area contributed by atoms with Gasteiger partial charge in [0.05, 0.1) is 6.61 Å². The number of halogens is 2. The van der Waals surface area contributed by atoms with Gasteiger partial charge >= 0.3 is 0 Å². The van der Waals surface area contributed by atoms with Crippen molar-refractivity contribution in [1.82, 2.24) is 5.32 Å². The molecule has 0 bridgehead atoms. The Morgan fingerprint density at radius 3 is 2.24 bits per heavy atom. The molecule has 0 aromatic carbocycles. The molecule has 0 atom stereocenters. The van der Waals surface area contributed by atoms with Crippen molar-refractivity contribution in [3.63, 3.8) is 0 Å². The molecule has 0 aromatic heterocycles. The van der Waals surface area contributed by atoms with E-state index in [4.69, 9.17) is 4.74 Å². The first kappa shape index (κ1) is 16.8. The zero-order valence-corrected chi connectivity index (χ0v) is 11.0. The van der Waals surface area contributed by atoms with Crippen molar-refractivity contribution in [2.45, 2.75) is 58.3 Å². The Labute approximate surface area is 104 Å². The summed E-state index contributed by atoms with van der Waals surface area (Å²) >= 11 is 0. The fourth-order valence-corrected chi connectivity index (χ4v) is 1.65. The molecule has 2 nitrogen and oxygen atoms in total. The quantitative estimate of drug-likeness (QED) is 0.505. The minimum absolute atomic E-state index is 0.376. The van der Waals surface area contributed by atoms with Crippen LogP contribution in [0.3, 0.4) is 0 Å². The zero-order chi connectivity index (χ0) is 12.8. The van der Waals surface area contributed by atoms with E-state index >= 15 is 0 Å². The molecule has 0 heterocycles. The van der Waals surface area contributed by atoms with E-state index < -0.39 is 13.0 Å². The number of hydrogen-bond donors (Lipinski definition) is 1. The second-order valence-corrected chi connectivity index (χ2v) is 4.34. The van der Waals surface area contributed by atoms with E-state index in [2.05, 4.69) is 12.2 Å². The third-order valence-corrected chi connectivity index (χ3v) is 2.62. The number of unbranched alkanes of at least 4 members (excludes halogenated alkanes) is 6. The highest BCUT2D eigenvalue weighted by Gasteiger charge is 2.00. The summed E-state index contributed by atoms with van der Waals surface area (Å²) in [5, 5.41) is 3.19. The molecule has 0 aliphatic carbocycles. The molecule has 0 saturated carbocycles. The van der Waals surface area contributed by atoms with Crippen molar-refractivity contribution >= 4 is 0 Å². The fourth-order valence-electron chi connectivity index (χ4n) is 1.65. The molecule has 1 N–H and O–H groups in total. The predicted molar refractivity (Wildman–Crippen MR) is 67.7 cm³/mol. The summed E-state index contributed by atoms with van der Waals surface area (Å²) in [7, 11) is 0. The van der Waals surface area contributed by atoms with E-state index in [0.717, 1.165) is 6.54 Å². The zero-order valence-electron chi connectivity index (χ0n) is 11.0. The summed E-state index contributed by atoms with van der Waals surface area (Å²) in [4.78, 5) is 0. The van der Waals surface area contributed by atoms with Crippen LogP contribution in [-0.2, 0) is 4.74 Å². The maximum atomic E-state index is 11.7. The van der Waals surface area contributed by atoms with Crippen LogP contribution in [0.1, 0.15) is 51.9 Å². The first-order chi connectivity index (χ1) is 8.27. The molecule has 0 unspecified atom stereocenters. The summed E-state index contributed by atoms with van der Waals surface area (Å²) in [5.41, 5.74) is 0. The van der Waals surface area contributed by atoms with Crippen LogP contribution in [0, 0.1) is 0 Å². The van der Waals surface area contributed by atoms with Gasteiger partial charge in [0.1, 0.15) is 6.61 Å². The van der Waals surface area contributed by atoms with Crippen molar-refractivity contribution in [2.24, 2.45) is 0 Å². The van der Waals surface area contributed by atoms with Gasteiger partial charge in [0.25, 0.3) is 6.43 Å². The van der Waals surface area contributed by atoms with Gasteiger partial charge in [0.2, 0.25) is 0 Å². The molecule has 0 aliphatic rings. The standard InChI is InChI=1S/C13H27F2NO/c1-2-3-4-5-6-7-8-9-16-10-11-17-12-13(14)15/h13,16H,2-12H2,1H3. The SMILES string of the molecule is CCCCCCCCCNCCOCC(F)F. The third kappa shape index (κ3) is 15.8. The van der Waals surface area contributed by atoms with Crippen LogP contribution in [0.2, 0.25) is 0 Å². The molecular formula is C13H27F2NO. The lowest BCUT2D eigenvalue weighted by Crippen LogP contribution is -2.22.